The maximum absolute atomic E-state index is 13.7. The molecule has 0 aliphatic carbocycles. The van der Waals surface area contributed by atoms with Crippen molar-refractivity contribution >= 4 is 5.78 Å². The van der Waals surface area contributed by atoms with Gasteiger partial charge < -0.3 is 4.74 Å². The van der Waals surface area contributed by atoms with Crippen molar-refractivity contribution in [3.05, 3.63) is 95.3 Å². The van der Waals surface area contributed by atoms with Gasteiger partial charge in [0.1, 0.15) is 17.3 Å². The van der Waals surface area contributed by atoms with Crippen molar-refractivity contribution in [2.45, 2.75) is 0 Å². The standard InChI is InChI=1S/C19H11F3O2/c20-16-11-18(22)17(21)10-15(16)19(23)12-6-8-14(9-7-12)24-13-4-2-1-3-5-13/h1-11H. The van der Waals surface area contributed by atoms with Crippen molar-refractivity contribution < 1.29 is 22.7 Å². The van der Waals surface area contributed by atoms with Crippen LogP contribution in [0.1, 0.15) is 15.9 Å². The van der Waals surface area contributed by atoms with E-state index in [2.05, 4.69) is 0 Å². The normalized spacial score (nSPS) is 10.5. The molecule has 0 atom stereocenters. The van der Waals surface area contributed by atoms with Crippen LogP contribution in [0.3, 0.4) is 0 Å². The topological polar surface area (TPSA) is 26.3 Å². The molecule has 0 aliphatic rings. The highest BCUT2D eigenvalue weighted by Gasteiger charge is 2.17. The molecule has 0 spiro atoms. The molecular weight excluding hydrogens is 317 g/mol. The van der Waals surface area contributed by atoms with E-state index >= 15 is 0 Å². The van der Waals surface area contributed by atoms with E-state index in [1.54, 1.807) is 12.1 Å². The van der Waals surface area contributed by atoms with Crippen LogP contribution in [-0.2, 0) is 0 Å². The van der Waals surface area contributed by atoms with E-state index in [1.165, 1.54) is 24.3 Å². The van der Waals surface area contributed by atoms with Gasteiger partial charge in [0.15, 0.2) is 17.4 Å². The molecule has 5 heteroatoms. The molecule has 0 aromatic heterocycles. The molecule has 0 heterocycles. The van der Waals surface area contributed by atoms with Gasteiger partial charge in [-0.1, -0.05) is 18.2 Å². The molecule has 0 fully saturated rings. The highest BCUT2D eigenvalue weighted by atomic mass is 19.2. The third-order valence-electron chi connectivity index (χ3n) is 3.35. The number of para-hydroxylation sites is 1. The van der Waals surface area contributed by atoms with Crippen molar-refractivity contribution in [3.8, 4) is 11.5 Å². The lowest BCUT2D eigenvalue weighted by Gasteiger charge is -2.07. The summed E-state index contributed by atoms with van der Waals surface area (Å²) in [4.78, 5) is 12.2. The fourth-order valence-electron chi connectivity index (χ4n) is 2.15. The Labute approximate surface area is 136 Å². The minimum absolute atomic E-state index is 0.139. The third-order valence-corrected chi connectivity index (χ3v) is 3.35. The molecule has 24 heavy (non-hydrogen) atoms. The predicted molar refractivity (Wildman–Crippen MR) is 82.7 cm³/mol. The van der Waals surface area contributed by atoms with Crippen molar-refractivity contribution in [2.24, 2.45) is 0 Å². The molecule has 3 aromatic carbocycles. The predicted octanol–water partition coefficient (Wildman–Crippen LogP) is 5.13. The summed E-state index contributed by atoms with van der Waals surface area (Å²) >= 11 is 0. The van der Waals surface area contributed by atoms with E-state index in [0.717, 1.165) is 0 Å². The number of carbonyl (C=O) groups excluding carboxylic acids is 1. The lowest BCUT2D eigenvalue weighted by atomic mass is 10.0. The van der Waals surface area contributed by atoms with Crippen molar-refractivity contribution in [2.75, 3.05) is 0 Å². The molecular formula is C19H11F3O2. The number of halogens is 3. The maximum Gasteiger partial charge on any atom is 0.196 e. The summed E-state index contributed by atoms with van der Waals surface area (Å²) in [5.41, 5.74) is -0.383. The minimum atomic E-state index is -1.34. The Kier molecular flexibility index (Phi) is 4.33. The van der Waals surface area contributed by atoms with Gasteiger partial charge in [-0.25, -0.2) is 13.2 Å². The van der Waals surface area contributed by atoms with Gasteiger partial charge in [-0.15, -0.1) is 0 Å². The summed E-state index contributed by atoms with van der Waals surface area (Å²) in [6, 6.07) is 15.9. The molecule has 0 saturated heterocycles. The lowest BCUT2D eigenvalue weighted by molar-refractivity contribution is 0.103. The molecule has 3 rings (SSSR count). The monoisotopic (exact) mass is 328 g/mol. The van der Waals surface area contributed by atoms with Gasteiger partial charge in [-0.3, -0.25) is 4.79 Å². The summed E-state index contributed by atoms with van der Waals surface area (Å²) < 4.78 is 45.4. The quantitative estimate of drug-likeness (QED) is 0.490. The summed E-state index contributed by atoms with van der Waals surface area (Å²) in [6.07, 6.45) is 0. The number of rotatable bonds is 4. The van der Waals surface area contributed by atoms with E-state index in [9.17, 15) is 18.0 Å². The van der Waals surface area contributed by atoms with Gasteiger partial charge in [0, 0.05) is 11.6 Å². The molecule has 0 N–H and O–H groups in total. The van der Waals surface area contributed by atoms with Gasteiger partial charge in [0.25, 0.3) is 0 Å². The van der Waals surface area contributed by atoms with Gasteiger partial charge in [0.2, 0.25) is 0 Å². The molecule has 120 valence electrons. The zero-order chi connectivity index (χ0) is 17.1. The van der Waals surface area contributed by atoms with Crippen LogP contribution in [0.4, 0.5) is 13.2 Å². The van der Waals surface area contributed by atoms with Crippen LogP contribution >= 0.6 is 0 Å². The van der Waals surface area contributed by atoms with Crippen molar-refractivity contribution in [3.63, 3.8) is 0 Å². The van der Waals surface area contributed by atoms with Crippen LogP contribution in [0.15, 0.2) is 66.7 Å². The number of hydrogen-bond donors (Lipinski definition) is 0. The van der Waals surface area contributed by atoms with Crippen LogP contribution in [0.25, 0.3) is 0 Å². The van der Waals surface area contributed by atoms with E-state index in [4.69, 9.17) is 4.74 Å². The lowest BCUT2D eigenvalue weighted by Crippen LogP contribution is -2.06. The van der Waals surface area contributed by atoms with Crippen molar-refractivity contribution in [1.82, 2.24) is 0 Å². The third kappa shape index (κ3) is 3.30. The second-order valence-corrected chi connectivity index (χ2v) is 5.01. The number of carbonyl (C=O) groups is 1. The van der Waals surface area contributed by atoms with Gasteiger partial charge in [-0.2, -0.15) is 0 Å². The molecule has 2 nitrogen and oxygen atoms in total. The highest BCUT2D eigenvalue weighted by molar-refractivity contribution is 6.09. The van der Waals surface area contributed by atoms with Crippen LogP contribution in [-0.4, -0.2) is 5.78 Å². The smallest absolute Gasteiger partial charge is 0.196 e. The summed E-state index contributed by atoms with van der Waals surface area (Å²) in [5.74, 6) is -3.34. The molecule has 0 amide bonds. The first-order valence-corrected chi connectivity index (χ1v) is 7.07. The molecule has 3 aromatic rings. The van der Waals surface area contributed by atoms with Gasteiger partial charge in [0.05, 0.1) is 5.56 Å². The first kappa shape index (κ1) is 15.8. The Hall–Kier alpha value is -3.08. The molecule has 0 bridgehead atoms. The zero-order valence-electron chi connectivity index (χ0n) is 12.3. The fraction of sp³-hybridized carbons (Fsp3) is 0. The van der Waals surface area contributed by atoms with E-state index in [-0.39, 0.29) is 5.56 Å². The zero-order valence-corrected chi connectivity index (χ0v) is 12.3. The number of ketones is 1. The number of ether oxygens (including phenoxy) is 1. The minimum Gasteiger partial charge on any atom is -0.457 e. The van der Waals surface area contributed by atoms with Gasteiger partial charge >= 0.3 is 0 Å². The molecule has 0 aliphatic heterocycles. The summed E-state index contributed by atoms with van der Waals surface area (Å²) in [7, 11) is 0. The van der Waals surface area contributed by atoms with Crippen LogP contribution in [0.2, 0.25) is 0 Å². The Morgan fingerprint density at radius 2 is 1.29 bits per heavy atom. The average Bonchev–Trinajstić information content (AvgIpc) is 2.59. The Morgan fingerprint density at radius 1 is 0.708 bits per heavy atom. The van der Waals surface area contributed by atoms with Crippen LogP contribution in [0, 0.1) is 17.5 Å². The number of benzene rings is 3. The number of hydrogen-bond acceptors (Lipinski definition) is 2. The summed E-state index contributed by atoms with van der Waals surface area (Å²) in [5, 5.41) is 0. The molecule has 0 saturated carbocycles. The highest BCUT2D eigenvalue weighted by Crippen LogP contribution is 2.23. The SMILES string of the molecule is O=C(c1ccc(Oc2ccccc2)cc1)c1cc(F)c(F)cc1F. The van der Waals surface area contributed by atoms with Crippen molar-refractivity contribution in [1.29, 1.82) is 0 Å². The Bertz CT molecular complexity index is 875. The average molecular weight is 328 g/mol. The first-order chi connectivity index (χ1) is 11.5. The summed E-state index contributed by atoms with van der Waals surface area (Å²) in [6.45, 7) is 0. The largest absolute Gasteiger partial charge is 0.457 e. The molecule has 0 radical (unpaired) electrons. The van der Waals surface area contributed by atoms with Crippen LogP contribution < -0.4 is 4.74 Å². The van der Waals surface area contributed by atoms with E-state index in [1.807, 2.05) is 18.2 Å². The second-order valence-electron chi connectivity index (χ2n) is 5.01. The first-order valence-electron chi connectivity index (χ1n) is 7.07. The Morgan fingerprint density at radius 3 is 1.96 bits per heavy atom. The van der Waals surface area contributed by atoms with Gasteiger partial charge in [-0.05, 0) is 42.5 Å². The fourth-order valence-corrected chi connectivity index (χ4v) is 2.15. The van der Waals surface area contributed by atoms with Crippen LogP contribution in [0.5, 0.6) is 11.5 Å². The second kappa shape index (κ2) is 6.58. The molecule has 0 unspecified atom stereocenters. The maximum atomic E-state index is 13.7. The van der Waals surface area contributed by atoms with E-state index in [0.29, 0.717) is 23.6 Å². The van der Waals surface area contributed by atoms with E-state index < -0.39 is 28.8 Å². The Balaban J connectivity index is 1.83.